The van der Waals surface area contributed by atoms with Gasteiger partial charge in [0.15, 0.2) is 6.61 Å². The predicted octanol–water partition coefficient (Wildman–Crippen LogP) is 3.01. The molecule has 0 unspecified atom stereocenters. The zero-order valence-corrected chi connectivity index (χ0v) is 20.7. The lowest BCUT2D eigenvalue weighted by Gasteiger charge is -2.36. The number of piperazine rings is 1. The van der Waals surface area contributed by atoms with E-state index in [1.165, 1.54) is 18.2 Å². The Bertz CT molecular complexity index is 1070. The van der Waals surface area contributed by atoms with Gasteiger partial charge in [0.25, 0.3) is 5.91 Å². The first-order valence-electron chi connectivity index (χ1n) is 10.8. The summed E-state index contributed by atoms with van der Waals surface area (Å²) in [5, 5.41) is 0.135. The quantitative estimate of drug-likeness (QED) is 0.575. The van der Waals surface area contributed by atoms with Gasteiger partial charge in [0.1, 0.15) is 11.5 Å². The molecule has 180 valence electrons. The van der Waals surface area contributed by atoms with Crippen LogP contribution in [-0.4, -0.2) is 65.7 Å². The minimum Gasteiger partial charge on any atom is -0.495 e. The molecule has 1 amide bonds. The Morgan fingerprint density at radius 1 is 1.09 bits per heavy atom. The number of anilines is 1. The fourth-order valence-electron chi connectivity index (χ4n) is 3.44. The molecule has 2 aromatic carbocycles. The number of sulfonamides is 1. The van der Waals surface area contributed by atoms with Crippen LogP contribution < -0.4 is 19.1 Å². The number of hydrogen-bond acceptors (Lipinski definition) is 6. The molecular formula is C23H30ClN3O5S. The molecule has 1 N–H and O–H groups in total. The maximum absolute atomic E-state index is 12.6. The summed E-state index contributed by atoms with van der Waals surface area (Å²) in [5.74, 6) is 1.10. The Balaban J connectivity index is 1.54. The maximum Gasteiger partial charge on any atom is 0.260 e. The van der Waals surface area contributed by atoms with Crippen molar-refractivity contribution in [1.82, 2.24) is 9.62 Å². The summed E-state index contributed by atoms with van der Waals surface area (Å²) in [5.41, 5.74) is 1.01. The Hall–Kier alpha value is -2.49. The summed E-state index contributed by atoms with van der Waals surface area (Å²) in [7, 11) is -2.01. The highest BCUT2D eigenvalue weighted by Gasteiger charge is 2.23. The molecule has 1 aliphatic rings. The Morgan fingerprint density at radius 3 is 2.42 bits per heavy atom. The number of para-hydroxylation sites is 2. The standard InChI is InChI=1S/C23H30ClN3O5S/c1-17(2)15-25-33(29,30)18-8-9-21(19(24)14-18)32-16-23(28)27-12-10-26(11-13-27)20-6-4-5-7-22(20)31-3/h4-9,14,17,25H,10-13,15-16H2,1-3H3. The number of benzene rings is 2. The number of ether oxygens (including phenoxy) is 2. The summed E-state index contributed by atoms with van der Waals surface area (Å²) in [6.07, 6.45) is 0. The summed E-state index contributed by atoms with van der Waals surface area (Å²) < 4.78 is 38.3. The number of halogens is 1. The van der Waals surface area contributed by atoms with Crippen LogP contribution in [0.15, 0.2) is 47.4 Å². The summed E-state index contributed by atoms with van der Waals surface area (Å²) in [6.45, 7) is 6.48. The van der Waals surface area contributed by atoms with Crippen LogP contribution in [-0.2, 0) is 14.8 Å². The molecule has 3 rings (SSSR count). The molecule has 0 atom stereocenters. The van der Waals surface area contributed by atoms with E-state index >= 15 is 0 Å². The molecule has 0 radical (unpaired) electrons. The Labute approximate surface area is 200 Å². The minimum atomic E-state index is -3.66. The van der Waals surface area contributed by atoms with Gasteiger partial charge < -0.3 is 19.3 Å². The van der Waals surface area contributed by atoms with Gasteiger partial charge in [0.2, 0.25) is 10.0 Å². The predicted molar refractivity (Wildman–Crippen MR) is 129 cm³/mol. The van der Waals surface area contributed by atoms with E-state index in [9.17, 15) is 13.2 Å². The monoisotopic (exact) mass is 495 g/mol. The van der Waals surface area contributed by atoms with Crippen molar-refractivity contribution >= 4 is 33.2 Å². The number of carbonyl (C=O) groups excluding carboxylic acids is 1. The zero-order valence-electron chi connectivity index (χ0n) is 19.1. The lowest BCUT2D eigenvalue weighted by molar-refractivity contribution is -0.133. The summed E-state index contributed by atoms with van der Waals surface area (Å²) >= 11 is 6.22. The summed E-state index contributed by atoms with van der Waals surface area (Å²) in [4.78, 5) is 16.6. The fraction of sp³-hybridized carbons (Fsp3) is 0.435. The molecule has 1 aliphatic heterocycles. The van der Waals surface area contributed by atoms with E-state index < -0.39 is 10.0 Å². The highest BCUT2D eigenvalue weighted by molar-refractivity contribution is 7.89. The molecular weight excluding hydrogens is 466 g/mol. The number of nitrogens with one attached hydrogen (secondary N) is 1. The van der Waals surface area contributed by atoms with Crippen LogP contribution in [0.25, 0.3) is 0 Å². The van der Waals surface area contributed by atoms with E-state index in [2.05, 4.69) is 9.62 Å². The zero-order chi connectivity index (χ0) is 24.0. The second-order valence-corrected chi connectivity index (χ2v) is 10.3. The first-order valence-corrected chi connectivity index (χ1v) is 12.6. The SMILES string of the molecule is COc1ccccc1N1CCN(C(=O)COc2ccc(S(=O)(=O)NCC(C)C)cc2Cl)CC1. The third kappa shape index (κ3) is 6.52. The van der Waals surface area contributed by atoms with Gasteiger partial charge in [-0.1, -0.05) is 37.6 Å². The largest absolute Gasteiger partial charge is 0.495 e. The molecule has 1 saturated heterocycles. The lowest BCUT2D eigenvalue weighted by atomic mass is 10.2. The van der Waals surface area contributed by atoms with Gasteiger partial charge in [-0.25, -0.2) is 13.1 Å². The van der Waals surface area contributed by atoms with Gasteiger partial charge in [0, 0.05) is 32.7 Å². The van der Waals surface area contributed by atoms with Gasteiger partial charge in [-0.2, -0.15) is 0 Å². The van der Waals surface area contributed by atoms with Gasteiger partial charge in [-0.3, -0.25) is 4.79 Å². The van der Waals surface area contributed by atoms with Crippen molar-refractivity contribution in [1.29, 1.82) is 0 Å². The smallest absolute Gasteiger partial charge is 0.260 e. The van der Waals surface area contributed by atoms with Crippen LogP contribution in [0, 0.1) is 5.92 Å². The molecule has 2 aromatic rings. The molecule has 1 heterocycles. The number of methoxy groups -OCH3 is 1. The Kier molecular flexibility index (Phi) is 8.45. The maximum atomic E-state index is 12.6. The normalized spacial score (nSPS) is 14.5. The topological polar surface area (TPSA) is 88.2 Å². The van der Waals surface area contributed by atoms with Crippen LogP contribution in [0.1, 0.15) is 13.8 Å². The molecule has 33 heavy (non-hydrogen) atoms. The lowest BCUT2D eigenvalue weighted by Crippen LogP contribution is -2.50. The fourth-order valence-corrected chi connectivity index (χ4v) is 4.98. The number of carbonyl (C=O) groups is 1. The number of hydrogen-bond donors (Lipinski definition) is 1. The second-order valence-electron chi connectivity index (χ2n) is 8.17. The second kappa shape index (κ2) is 11.1. The van der Waals surface area contributed by atoms with E-state index in [0.29, 0.717) is 32.7 Å². The van der Waals surface area contributed by atoms with E-state index in [4.69, 9.17) is 21.1 Å². The number of amides is 1. The minimum absolute atomic E-state index is 0.0549. The van der Waals surface area contributed by atoms with Crippen molar-refractivity contribution in [2.45, 2.75) is 18.7 Å². The van der Waals surface area contributed by atoms with Crippen LogP contribution >= 0.6 is 11.6 Å². The molecule has 0 bridgehead atoms. The molecule has 8 nitrogen and oxygen atoms in total. The molecule has 0 spiro atoms. The van der Waals surface area contributed by atoms with Crippen LogP contribution in [0.3, 0.4) is 0 Å². The van der Waals surface area contributed by atoms with E-state index in [1.54, 1.807) is 12.0 Å². The molecule has 0 aliphatic carbocycles. The van der Waals surface area contributed by atoms with Gasteiger partial charge >= 0.3 is 0 Å². The molecule has 1 fully saturated rings. The van der Waals surface area contributed by atoms with Crippen molar-refractivity contribution in [3.8, 4) is 11.5 Å². The highest BCUT2D eigenvalue weighted by atomic mass is 35.5. The van der Waals surface area contributed by atoms with Crippen molar-refractivity contribution in [3.05, 3.63) is 47.5 Å². The average Bonchev–Trinajstić information content (AvgIpc) is 2.82. The van der Waals surface area contributed by atoms with Crippen LogP contribution in [0.2, 0.25) is 5.02 Å². The van der Waals surface area contributed by atoms with Crippen LogP contribution in [0.5, 0.6) is 11.5 Å². The number of rotatable bonds is 9. The van der Waals surface area contributed by atoms with Crippen molar-refractivity contribution < 1.29 is 22.7 Å². The van der Waals surface area contributed by atoms with Crippen molar-refractivity contribution in [3.63, 3.8) is 0 Å². The van der Waals surface area contributed by atoms with Crippen LogP contribution in [0.4, 0.5) is 5.69 Å². The van der Waals surface area contributed by atoms with Gasteiger partial charge in [0.05, 0.1) is 22.7 Å². The first-order chi connectivity index (χ1) is 15.7. The highest BCUT2D eigenvalue weighted by Crippen LogP contribution is 2.29. The summed E-state index contributed by atoms with van der Waals surface area (Å²) in [6, 6.07) is 12.0. The Morgan fingerprint density at radius 2 is 1.79 bits per heavy atom. The number of nitrogens with zero attached hydrogens (tertiary/aromatic N) is 2. The van der Waals surface area contributed by atoms with Crippen molar-refractivity contribution in [2.24, 2.45) is 5.92 Å². The average molecular weight is 496 g/mol. The molecule has 0 aromatic heterocycles. The first kappa shape index (κ1) is 25.1. The van der Waals surface area contributed by atoms with E-state index in [-0.39, 0.29) is 34.1 Å². The van der Waals surface area contributed by atoms with Crippen molar-refractivity contribution in [2.75, 3.05) is 51.3 Å². The van der Waals surface area contributed by atoms with Gasteiger partial charge in [-0.05, 0) is 36.2 Å². The third-order valence-corrected chi connectivity index (χ3v) is 7.02. The third-order valence-electron chi connectivity index (χ3n) is 5.30. The molecule has 10 heteroatoms. The van der Waals surface area contributed by atoms with E-state index in [1.807, 2.05) is 38.1 Å². The molecule has 0 saturated carbocycles. The van der Waals surface area contributed by atoms with Gasteiger partial charge in [-0.15, -0.1) is 0 Å². The van der Waals surface area contributed by atoms with E-state index in [0.717, 1.165) is 11.4 Å².